The number of thiocarbonyl (C=S) groups is 1. The van der Waals surface area contributed by atoms with Gasteiger partial charge >= 0.3 is 0 Å². The zero-order chi connectivity index (χ0) is 17.7. The number of hydrogen-bond donors (Lipinski definition) is 0. The highest BCUT2D eigenvalue weighted by Gasteiger charge is 2.50. The van der Waals surface area contributed by atoms with Crippen molar-refractivity contribution < 1.29 is 9.18 Å². The highest BCUT2D eigenvalue weighted by molar-refractivity contribution is 7.99. The Kier molecular flexibility index (Phi) is 4.40. The van der Waals surface area contributed by atoms with Crippen LogP contribution in [0.4, 0.5) is 10.1 Å². The quantitative estimate of drug-likeness (QED) is 0.655. The van der Waals surface area contributed by atoms with Gasteiger partial charge in [0.2, 0.25) is 0 Å². The lowest BCUT2D eigenvalue weighted by atomic mass is 10.2. The van der Waals surface area contributed by atoms with E-state index in [1.54, 1.807) is 11.8 Å². The smallest absolute Gasteiger partial charge is 0.257 e. The van der Waals surface area contributed by atoms with Gasteiger partial charge in [-0.2, -0.15) is 0 Å². The zero-order valence-electron chi connectivity index (χ0n) is 12.7. The summed E-state index contributed by atoms with van der Waals surface area (Å²) in [6, 6.07) is 11.4. The van der Waals surface area contributed by atoms with Crippen LogP contribution in [0.3, 0.4) is 0 Å². The predicted molar refractivity (Wildman–Crippen MR) is 104 cm³/mol. The first-order valence-corrected chi connectivity index (χ1v) is 9.67. The van der Waals surface area contributed by atoms with Gasteiger partial charge in [0.25, 0.3) is 5.91 Å². The van der Waals surface area contributed by atoms with Crippen LogP contribution in [0.1, 0.15) is 10.9 Å². The summed E-state index contributed by atoms with van der Waals surface area (Å²) in [6.45, 7) is 0. The number of hydrogen-bond acceptors (Lipinski definition) is 3. The maximum absolute atomic E-state index is 13.4. The van der Waals surface area contributed by atoms with Crippen molar-refractivity contribution in [2.45, 2.75) is 11.4 Å². The molecule has 0 aliphatic carbocycles. The van der Waals surface area contributed by atoms with Crippen LogP contribution in [0.25, 0.3) is 0 Å². The molecule has 2 atom stereocenters. The molecule has 3 nitrogen and oxygen atoms in total. The first-order chi connectivity index (χ1) is 12.0. The number of benzene rings is 2. The van der Waals surface area contributed by atoms with E-state index in [0.717, 1.165) is 5.56 Å². The third-order valence-corrected chi connectivity index (χ3v) is 6.49. The van der Waals surface area contributed by atoms with Gasteiger partial charge in [0.05, 0.1) is 10.7 Å². The minimum atomic E-state index is -0.530. The summed E-state index contributed by atoms with van der Waals surface area (Å²) in [6.07, 6.45) is 0. The van der Waals surface area contributed by atoms with Gasteiger partial charge in [-0.25, -0.2) is 4.39 Å². The van der Waals surface area contributed by atoms with E-state index >= 15 is 0 Å². The minimum absolute atomic E-state index is 0.0382. The van der Waals surface area contributed by atoms with Crippen molar-refractivity contribution in [1.29, 1.82) is 0 Å². The van der Waals surface area contributed by atoms with E-state index in [0.29, 0.717) is 21.6 Å². The molecule has 8 heteroatoms. The van der Waals surface area contributed by atoms with Gasteiger partial charge in [0, 0.05) is 10.8 Å². The zero-order valence-corrected chi connectivity index (χ0v) is 15.8. The van der Waals surface area contributed by atoms with Crippen LogP contribution < -0.4 is 4.90 Å². The first-order valence-electron chi connectivity index (χ1n) is 7.46. The molecule has 25 heavy (non-hydrogen) atoms. The lowest BCUT2D eigenvalue weighted by Gasteiger charge is -2.25. The molecule has 128 valence electrons. The summed E-state index contributed by atoms with van der Waals surface area (Å²) in [5.74, 6) is -0.00718. The highest BCUT2D eigenvalue weighted by atomic mass is 35.5. The van der Waals surface area contributed by atoms with E-state index in [2.05, 4.69) is 0 Å². The summed E-state index contributed by atoms with van der Waals surface area (Å²) in [4.78, 5) is 16.2. The van der Waals surface area contributed by atoms with Crippen molar-refractivity contribution >= 4 is 63.9 Å². The Morgan fingerprint density at radius 2 is 1.88 bits per heavy atom. The van der Waals surface area contributed by atoms with Crippen LogP contribution in [0.15, 0.2) is 42.5 Å². The van der Waals surface area contributed by atoms with Crippen LogP contribution in [-0.4, -0.2) is 27.7 Å². The van der Waals surface area contributed by atoms with E-state index in [4.69, 9.17) is 35.4 Å². The maximum atomic E-state index is 13.4. The number of carbonyl (C=O) groups is 1. The van der Waals surface area contributed by atoms with Crippen LogP contribution in [0, 0.1) is 5.82 Å². The maximum Gasteiger partial charge on any atom is 0.257 e. The van der Waals surface area contributed by atoms with Crippen molar-refractivity contribution in [3.05, 3.63) is 63.9 Å². The van der Waals surface area contributed by atoms with Gasteiger partial charge < -0.3 is 4.90 Å². The van der Waals surface area contributed by atoms with Gasteiger partial charge in [-0.05, 0) is 48.1 Å². The molecule has 0 spiro atoms. The second kappa shape index (κ2) is 6.43. The lowest BCUT2D eigenvalue weighted by Crippen LogP contribution is -2.33. The van der Waals surface area contributed by atoms with Crippen molar-refractivity contribution in [1.82, 2.24) is 4.90 Å². The molecular weight excluding hydrogens is 402 g/mol. The van der Waals surface area contributed by atoms with Crippen LogP contribution in [0.2, 0.25) is 10.0 Å². The van der Waals surface area contributed by atoms with Gasteiger partial charge in [-0.1, -0.05) is 35.3 Å². The third-order valence-electron chi connectivity index (χ3n) is 4.23. The first kappa shape index (κ1) is 17.1. The molecule has 0 radical (unpaired) electrons. The number of amides is 1. The Morgan fingerprint density at radius 3 is 2.56 bits per heavy atom. The van der Waals surface area contributed by atoms with Gasteiger partial charge in [-0.3, -0.25) is 9.69 Å². The number of fused-ring (bicyclic) bond motifs is 1. The fourth-order valence-corrected chi connectivity index (χ4v) is 5.26. The molecule has 2 aromatic carbocycles. The number of nitrogens with zero attached hydrogens (tertiary/aromatic N) is 2. The summed E-state index contributed by atoms with van der Waals surface area (Å²) in [5, 5.41) is 0.969. The molecular formula is C17H11Cl2FN2OS2. The fraction of sp³-hybridized carbons (Fsp3) is 0.176. The molecule has 0 N–H and O–H groups in total. The Balaban J connectivity index is 1.68. The van der Waals surface area contributed by atoms with E-state index in [1.807, 2.05) is 29.2 Å². The summed E-state index contributed by atoms with van der Waals surface area (Å²) in [5.41, 5.74) is 1.52. The van der Waals surface area contributed by atoms with Crippen molar-refractivity contribution in [3.8, 4) is 0 Å². The topological polar surface area (TPSA) is 23.6 Å². The number of carbonyl (C=O) groups excluding carboxylic acids is 1. The molecule has 0 aromatic heterocycles. The standard InChI is InChI=1S/C17H11Cl2FN2OS2/c18-10-3-1-9(2-4-10)16-22-14(8-25-16)15(23)21(17(22)24)11-5-6-13(20)12(19)7-11/h1-7,14,16H,8H2/t14-,16-/m1/s1. The SMILES string of the molecule is O=C1[C@H]2CS[C@H](c3ccc(Cl)cc3)N2C(=S)N1c1ccc(F)c(Cl)c1. The lowest BCUT2D eigenvalue weighted by molar-refractivity contribution is -0.119. The largest absolute Gasteiger partial charge is 0.319 e. The molecule has 2 heterocycles. The highest BCUT2D eigenvalue weighted by Crippen LogP contribution is 2.46. The molecule has 1 amide bonds. The predicted octanol–water partition coefficient (Wildman–Crippen LogP) is 4.88. The van der Waals surface area contributed by atoms with E-state index in [1.165, 1.54) is 23.1 Å². The van der Waals surface area contributed by atoms with Crippen LogP contribution in [-0.2, 0) is 4.79 Å². The number of anilines is 1. The molecule has 4 rings (SSSR count). The molecule has 0 bridgehead atoms. The second-order valence-electron chi connectivity index (χ2n) is 5.71. The molecule has 2 aliphatic heterocycles. The summed E-state index contributed by atoms with van der Waals surface area (Å²) < 4.78 is 13.4. The Bertz CT molecular complexity index is 877. The van der Waals surface area contributed by atoms with Gasteiger partial charge in [0.1, 0.15) is 17.2 Å². The summed E-state index contributed by atoms with van der Waals surface area (Å²) >= 11 is 19.1. The summed E-state index contributed by atoms with van der Waals surface area (Å²) in [7, 11) is 0. The van der Waals surface area contributed by atoms with Crippen LogP contribution >= 0.6 is 47.2 Å². The third kappa shape index (κ3) is 2.81. The average Bonchev–Trinajstić information content (AvgIpc) is 3.12. The fourth-order valence-electron chi connectivity index (χ4n) is 3.04. The van der Waals surface area contributed by atoms with E-state index in [9.17, 15) is 9.18 Å². The van der Waals surface area contributed by atoms with Crippen molar-refractivity contribution in [2.24, 2.45) is 0 Å². The number of thioether (sulfide) groups is 1. The van der Waals surface area contributed by atoms with Gasteiger partial charge in [-0.15, -0.1) is 11.8 Å². The van der Waals surface area contributed by atoms with Crippen LogP contribution in [0.5, 0.6) is 0 Å². The van der Waals surface area contributed by atoms with E-state index in [-0.39, 0.29) is 22.3 Å². The normalized spacial score (nSPS) is 22.7. The average molecular weight is 413 g/mol. The Morgan fingerprint density at radius 1 is 1.16 bits per heavy atom. The number of halogens is 3. The van der Waals surface area contributed by atoms with Gasteiger partial charge in [0.15, 0.2) is 5.11 Å². The van der Waals surface area contributed by atoms with E-state index < -0.39 is 5.82 Å². The molecule has 2 aromatic rings. The second-order valence-corrected chi connectivity index (χ2v) is 8.04. The molecule has 2 saturated heterocycles. The monoisotopic (exact) mass is 412 g/mol. The van der Waals surface area contributed by atoms with Crippen molar-refractivity contribution in [3.63, 3.8) is 0 Å². The minimum Gasteiger partial charge on any atom is -0.319 e. The van der Waals surface area contributed by atoms with Crippen molar-refractivity contribution in [2.75, 3.05) is 10.7 Å². The number of rotatable bonds is 2. The molecule has 2 fully saturated rings. The Labute approximate surface area is 163 Å². The Hall–Kier alpha value is -1.34. The molecule has 0 saturated carbocycles. The molecule has 2 aliphatic rings. The molecule has 0 unspecified atom stereocenters.